The molecule has 0 atom stereocenters. The van der Waals surface area contributed by atoms with Gasteiger partial charge in [-0.05, 0) is 46.5 Å². The monoisotopic (exact) mass is 523 g/mol. The molecule has 4 aromatic rings. The molecule has 0 spiro atoms. The highest BCUT2D eigenvalue weighted by Crippen LogP contribution is 2.30. The van der Waals surface area contributed by atoms with Gasteiger partial charge in [0.25, 0.3) is 0 Å². The lowest BCUT2D eigenvalue weighted by molar-refractivity contribution is -0.116. The number of anilines is 1. The van der Waals surface area contributed by atoms with E-state index in [2.05, 4.69) is 31.7 Å². The van der Waals surface area contributed by atoms with Gasteiger partial charge >= 0.3 is 0 Å². The Morgan fingerprint density at radius 2 is 1.82 bits per heavy atom. The molecule has 2 N–H and O–H groups in total. The van der Waals surface area contributed by atoms with Crippen LogP contribution < -0.4 is 10.6 Å². The van der Waals surface area contributed by atoms with Gasteiger partial charge in [-0.3, -0.25) is 4.79 Å². The van der Waals surface area contributed by atoms with Crippen LogP contribution in [-0.4, -0.2) is 33.6 Å². The van der Waals surface area contributed by atoms with Gasteiger partial charge in [0.15, 0.2) is 5.65 Å². The van der Waals surface area contributed by atoms with E-state index in [-0.39, 0.29) is 5.91 Å². The molecule has 33 heavy (non-hydrogen) atoms. The Balaban J connectivity index is 1.32. The second-order valence-electron chi connectivity index (χ2n) is 7.40. The highest BCUT2D eigenvalue weighted by atomic mass is 79.9. The van der Waals surface area contributed by atoms with Crippen molar-refractivity contribution >= 4 is 51.0 Å². The van der Waals surface area contributed by atoms with Crippen molar-refractivity contribution in [2.45, 2.75) is 12.8 Å². The van der Waals surface area contributed by atoms with Crippen LogP contribution in [0.1, 0.15) is 18.4 Å². The van der Waals surface area contributed by atoms with E-state index in [9.17, 15) is 4.79 Å². The van der Waals surface area contributed by atoms with Crippen LogP contribution in [0.5, 0.6) is 0 Å². The SMILES string of the molecule is O=C(C=Cc1ccccc1)NCCCCNc1cc(-c2ccccc2Cl)nc2c(Br)cnn12. The predicted molar refractivity (Wildman–Crippen MR) is 137 cm³/mol. The average molecular weight is 525 g/mol. The lowest BCUT2D eigenvalue weighted by Crippen LogP contribution is -2.22. The van der Waals surface area contributed by atoms with E-state index >= 15 is 0 Å². The Bertz CT molecular complexity index is 1270. The zero-order valence-corrected chi connectivity index (χ0v) is 20.2. The number of hydrogen-bond donors (Lipinski definition) is 2. The molecular weight excluding hydrogens is 502 g/mol. The summed E-state index contributed by atoms with van der Waals surface area (Å²) in [5.74, 6) is 0.740. The summed E-state index contributed by atoms with van der Waals surface area (Å²) in [5, 5.41) is 11.4. The van der Waals surface area contributed by atoms with Crippen LogP contribution in [0.15, 0.2) is 77.4 Å². The van der Waals surface area contributed by atoms with Crippen molar-refractivity contribution in [3.05, 3.63) is 88.0 Å². The maximum Gasteiger partial charge on any atom is 0.243 e. The van der Waals surface area contributed by atoms with E-state index in [4.69, 9.17) is 16.6 Å². The minimum atomic E-state index is -0.0894. The summed E-state index contributed by atoms with van der Waals surface area (Å²) >= 11 is 9.90. The van der Waals surface area contributed by atoms with E-state index < -0.39 is 0 Å². The number of carbonyl (C=O) groups excluding carboxylic acids is 1. The topological polar surface area (TPSA) is 71.3 Å². The Kier molecular flexibility index (Phi) is 7.75. The van der Waals surface area contributed by atoms with Crippen LogP contribution in [0.4, 0.5) is 5.82 Å². The average Bonchev–Trinajstić information content (AvgIpc) is 3.21. The zero-order valence-electron chi connectivity index (χ0n) is 17.8. The van der Waals surface area contributed by atoms with Gasteiger partial charge in [0, 0.05) is 35.8 Å². The normalized spacial score (nSPS) is 11.2. The molecular formula is C25H23BrClN5O. The van der Waals surface area contributed by atoms with Crippen LogP contribution in [0.25, 0.3) is 23.0 Å². The number of unbranched alkanes of at least 4 members (excludes halogenated alkanes) is 1. The molecule has 1 amide bonds. The van der Waals surface area contributed by atoms with Crippen molar-refractivity contribution in [1.82, 2.24) is 19.9 Å². The fourth-order valence-electron chi connectivity index (χ4n) is 3.34. The molecule has 0 unspecified atom stereocenters. The lowest BCUT2D eigenvalue weighted by Gasteiger charge is -2.11. The first kappa shape index (κ1) is 23.0. The smallest absolute Gasteiger partial charge is 0.243 e. The number of halogens is 2. The summed E-state index contributed by atoms with van der Waals surface area (Å²) in [5.41, 5.74) is 3.35. The molecule has 0 aliphatic rings. The third-order valence-corrected chi connectivity index (χ3v) is 5.90. The number of benzene rings is 2. The quantitative estimate of drug-likeness (QED) is 0.213. The zero-order chi connectivity index (χ0) is 23.0. The van der Waals surface area contributed by atoms with Crippen molar-refractivity contribution in [2.75, 3.05) is 18.4 Å². The summed E-state index contributed by atoms with van der Waals surface area (Å²) < 4.78 is 2.58. The van der Waals surface area contributed by atoms with Gasteiger partial charge in [-0.1, -0.05) is 60.1 Å². The first-order valence-electron chi connectivity index (χ1n) is 10.7. The molecule has 2 heterocycles. The second kappa shape index (κ2) is 11.1. The predicted octanol–water partition coefficient (Wildman–Crippen LogP) is 5.83. The van der Waals surface area contributed by atoms with Crippen molar-refractivity contribution in [1.29, 1.82) is 0 Å². The third-order valence-electron chi connectivity index (χ3n) is 5.01. The fraction of sp³-hybridized carbons (Fsp3) is 0.160. The number of amides is 1. The summed E-state index contributed by atoms with van der Waals surface area (Å²) in [6.45, 7) is 1.35. The van der Waals surface area contributed by atoms with Gasteiger partial charge < -0.3 is 10.6 Å². The number of carbonyl (C=O) groups is 1. The molecule has 0 saturated carbocycles. The second-order valence-corrected chi connectivity index (χ2v) is 8.66. The van der Waals surface area contributed by atoms with Crippen LogP contribution in [-0.2, 0) is 4.79 Å². The first-order chi connectivity index (χ1) is 16.1. The highest BCUT2D eigenvalue weighted by molar-refractivity contribution is 9.10. The van der Waals surface area contributed by atoms with E-state index in [0.29, 0.717) is 17.2 Å². The molecule has 0 saturated heterocycles. The Morgan fingerprint density at radius 1 is 1.06 bits per heavy atom. The number of hydrogen-bond acceptors (Lipinski definition) is 4. The van der Waals surface area contributed by atoms with Gasteiger partial charge in [-0.15, -0.1) is 0 Å². The molecule has 168 valence electrons. The number of rotatable bonds is 9. The molecule has 0 aliphatic carbocycles. The third kappa shape index (κ3) is 6.00. The van der Waals surface area contributed by atoms with E-state index in [0.717, 1.165) is 46.5 Å². The summed E-state index contributed by atoms with van der Waals surface area (Å²) in [6.07, 6.45) is 6.84. The molecule has 0 aliphatic heterocycles. The van der Waals surface area contributed by atoms with Crippen molar-refractivity contribution in [3.8, 4) is 11.3 Å². The fourth-order valence-corrected chi connectivity index (χ4v) is 3.92. The Hall–Kier alpha value is -3.16. The summed E-state index contributed by atoms with van der Waals surface area (Å²) in [7, 11) is 0. The Labute approximate surface area is 205 Å². The van der Waals surface area contributed by atoms with E-state index in [1.807, 2.05) is 66.7 Å². The Morgan fingerprint density at radius 3 is 2.64 bits per heavy atom. The molecule has 0 radical (unpaired) electrons. The van der Waals surface area contributed by atoms with Crippen LogP contribution in [0, 0.1) is 0 Å². The molecule has 0 bridgehead atoms. The number of nitrogens with zero attached hydrogens (tertiary/aromatic N) is 3. The van der Waals surface area contributed by atoms with Gasteiger partial charge in [0.05, 0.1) is 16.4 Å². The van der Waals surface area contributed by atoms with Gasteiger partial charge in [0.2, 0.25) is 5.91 Å². The minimum absolute atomic E-state index is 0.0894. The summed E-state index contributed by atoms with van der Waals surface area (Å²) in [6, 6.07) is 19.3. The van der Waals surface area contributed by atoms with Crippen LogP contribution in [0.3, 0.4) is 0 Å². The largest absolute Gasteiger partial charge is 0.370 e. The number of fused-ring (bicyclic) bond motifs is 1. The van der Waals surface area contributed by atoms with Crippen molar-refractivity contribution < 1.29 is 4.79 Å². The van der Waals surface area contributed by atoms with Crippen molar-refractivity contribution in [3.63, 3.8) is 0 Å². The van der Waals surface area contributed by atoms with E-state index in [1.165, 1.54) is 0 Å². The van der Waals surface area contributed by atoms with Crippen LogP contribution >= 0.6 is 27.5 Å². The molecule has 2 aromatic carbocycles. The first-order valence-corrected chi connectivity index (χ1v) is 11.8. The van der Waals surface area contributed by atoms with Gasteiger partial charge in [-0.2, -0.15) is 9.61 Å². The molecule has 0 fully saturated rings. The number of nitrogens with one attached hydrogen (secondary N) is 2. The summed E-state index contributed by atoms with van der Waals surface area (Å²) in [4.78, 5) is 16.7. The van der Waals surface area contributed by atoms with Crippen molar-refractivity contribution in [2.24, 2.45) is 0 Å². The molecule has 6 nitrogen and oxygen atoms in total. The minimum Gasteiger partial charge on any atom is -0.370 e. The standard InChI is InChI=1S/C25H23BrClN5O/c26-20-17-30-32-23(16-22(31-25(20)32)19-10-4-5-11-21(19)27)28-14-6-7-15-29-24(33)13-12-18-8-2-1-3-9-18/h1-5,8-13,16-17,28H,6-7,14-15H2,(H,29,33). The maximum absolute atomic E-state index is 12.0. The van der Waals surface area contributed by atoms with Gasteiger partial charge in [-0.25, -0.2) is 4.98 Å². The van der Waals surface area contributed by atoms with Gasteiger partial charge in [0.1, 0.15) is 5.82 Å². The molecule has 2 aromatic heterocycles. The van der Waals surface area contributed by atoms with E-state index in [1.54, 1.807) is 16.8 Å². The maximum atomic E-state index is 12.0. The van der Waals surface area contributed by atoms with Crippen LogP contribution in [0.2, 0.25) is 5.02 Å². The highest BCUT2D eigenvalue weighted by Gasteiger charge is 2.13. The molecule has 8 heteroatoms. The lowest BCUT2D eigenvalue weighted by atomic mass is 10.1. The molecule has 4 rings (SSSR count). The number of aromatic nitrogens is 3.